The maximum atomic E-state index is 13.4. The number of ether oxygens (including phenoxy) is 1. The largest absolute Gasteiger partial charge is 0.508 e. The van der Waals surface area contributed by atoms with Gasteiger partial charge in [-0.25, -0.2) is 18.7 Å². The minimum Gasteiger partial charge on any atom is -0.508 e. The molecule has 0 aliphatic carbocycles. The summed E-state index contributed by atoms with van der Waals surface area (Å²) in [4.78, 5) is 16.3. The number of fused-ring (bicyclic) bond motifs is 1. The SMILES string of the molecule is CCOC(=O)c1cnn2ccc(NC(C)c3cc(F)ccc3O)nc12.[HH]. The minimum atomic E-state index is -0.502. The number of carbonyl (C=O) groups excluding carboxylic acids is 1. The molecule has 0 spiro atoms. The molecule has 0 aliphatic rings. The fraction of sp³-hybridized carbons (Fsp3) is 0.235. The number of anilines is 1. The first kappa shape index (κ1) is 16.7. The van der Waals surface area contributed by atoms with Crippen LogP contribution in [0.3, 0.4) is 0 Å². The molecule has 7 nitrogen and oxygen atoms in total. The number of hydrogen-bond acceptors (Lipinski definition) is 6. The highest BCUT2D eigenvalue weighted by Gasteiger charge is 2.17. The van der Waals surface area contributed by atoms with Gasteiger partial charge in [-0.3, -0.25) is 0 Å². The minimum absolute atomic E-state index is 0. The third kappa shape index (κ3) is 3.37. The summed E-state index contributed by atoms with van der Waals surface area (Å²) in [5.74, 6) is -0.503. The molecule has 0 amide bonds. The van der Waals surface area contributed by atoms with Crippen molar-refractivity contribution in [3.8, 4) is 5.75 Å². The second-order valence-electron chi connectivity index (χ2n) is 5.43. The summed E-state index contributed by atoms with van der Waals surface area (Å²) in [6.07, 6.45) is 3.04. The van der Waals surface area contributed by atoms with Crippen LogP contribution in [0.15, 0.2) is 36.7 Å². The number of esters is 1. The molecule has 2 aromatic heterocycles. The fourth-order valence-electron chi connectivity index (χ4n) is 2.47. The van der Waals surface area contributed by atoms with Crippen molar-refractivity contribution in [1.29, 1.82) is 0 Å². The fourth-order valence-corrected chi connectivity index (χ4v) is 2.47. The van der Waals surface area contributed by atoms with Gasteiger partial charge >= 0.3 is 5.97 Å². The van der Waals surface area contributed by atoms with Gasteiger partial charge in [-0.05, 0) is 38.1 Å². The van der Waals surface area contributed by atoms with Gasteiger partial charge in [-0.15, -0.1) is 0 Å². The second-order valence-corrected chi connectivity index (χ2v) is 5.43. The molecular formula is C17H19FN4O3. The first-order valence-electron chi connectivity index (χ1n) is 7.76. The molecular weight excluding hydrogens is 327 g/mol. The Morgan fingerprint density at radius 1 is 1.48 bits per heavy atom. The average molecular weight is 346 g/mol. The van der Waals surface area contributed by atoms with Crippen LogP contribution in [0.2, 0.25) is 0 Å². The molecule has 3 rings (SSSR count). The van der Waals surface area contributed by atoms with Gasteiger partial charge in [-0.1, -0.05) is 0 Å². The highest BCUT2D eigenvalue weighted by molar-refractivity contribution is 5.95. The first-order chi connectivity index (χ1) is 12.0. The van der Waals surface area contributed by atoms with Crippen LogP contribution in [0.1, 0.15) is 37.2 Å². The molecule has 2 N–H and O–H groups in total. The number of carbonyl (C=O) groups is 1. The third-order valence-electron chi connectivity index (χ3n) is 3.68. The van der Waals surface area contributed by atoms with Gasteiger partial charge in [0.2, 0.25) is 0 Å². The van der Waals surface area contributed by atoms with Crippen LogP contribution >= 0.6 is 0 Å². The number of halogens is 1. The zero-order chi connectivity index (χ0) is 18.0. The van der Waals surface area contributed by atoms with E-state index >= 15 is 0 Å². The van der Waals surface area contributed by atoms with Gasteiger partial charge < -0.3 is 15.2 Å². The summed E-state index contributed by atoms with van der Waals surface area (Å²) in [5.41, 5.74) is 1.01. The number of hydrogen-bond donors (Lipinski definition) is 2. The van der Waals surface area contributed by atoms with Gasteiger partial charge in [0.25, 0.3) is 0 Å². The Morgan fingerprint density at radius 3 is 3.04 bits per heavy atom. The monoisotopic (exact) mass is 346 g/mol. The van der Waals surface area contributed by atoms with Crippen LogP contribution in [0.25, 0.3) is 5.65 Å². The van der Waals surface area contributed by atoms with Crippen molar-refractivity contribution in [1.82, 2.24) is 14.6 Å². The van der Waals surface area contributed by atoms with Crippen molar-refractivity contribution in [3.05, 3.63) is 53.6 Å². The number of phenolic OH excluding ortho intramolecular Hbond substituents is 1. The number of rotatable bonds is 5. The molecule has 0 fully saturated rings. The van der Waals surface area contributed by atoms with E-state index in [0.717, 1.165) is 0 Å². The molecule has 0 radical (unpaired) electrons. The Balaban J connectivity index is 0.00000243. The van der Waals surface area contributed by atoms with Crippen molar-refractivity contribution in [2.24, 2.45) is 0 Å². The van der Waals surface area contributed by atoms with E-state index in [-0.39, 0.29) is 19.3 Å². The Bertz CT molecular complexity index is 932. The predicted octanol–water partition coefficient (Wildman–Crippen LogP) is 3.17. The molecule has 1 aromatic carbocycles. The maximum absolute atomic E-state index is 13.4. The van der Waals surface area contributed by atoms with Gasteiger partial charge in [0.05, 0.1) is 18.8 Å². The Labute approximate surface area is 144 Å². The molecule has 8 heteroatoms. The van der Waals surface area contributed by atoms with Gasteiger partial charge in [0, 0.05) is 13.2 Å². The smallest absolute Gasteiger partial charge is 0.343 e. The zero-order valence-electron chi connectivity index (χ0n) is 13.7. The summed E-state index contributed by atoms with van der Waals surface area (Å²) >= 11 is 0. The zero-order valence-corrected chi connectivity index (χ0v) is 13.7. The van der Waals surface area contributed by atoms with E-state index in [2.05, 4.69) is 15.4 Å². The van der Waals surface area contributed by atoms with Crippen LogP contribution in [-0.4, -0.2) is 32.3 Å². The van der Waals surface area contributed by atoms with Crippen molar-refractivity contribution in [3.63, 3.8) is 0 Å². The standard InChI is InChI=1S/C17H17FN4O3.H2/c1-3-25-17(24)13-9-19-22-7-6-15(21-16(13)22)20-10(2)12-8-11(18)4-5-14(12)23;/h4-10,23H,3H2,1-2H3,(H,20,21);1H. The van der Waals surface area contributed by atoms with E-state index in [4.69, 9.17) is 4.74 Å². The lowest BCUT2D eigenvalue weighted by atomic mass is 10.1. The van der Waals surface area contributed by atoms with Crippen LogP contribution in [0, 0.1) is 5.82 Å². The van der Waals surface area contributed by atoms with E-state index in [9.17, 15) is 14.3 Å². The topological polar surface area (TPSA) is 88.8 Å². The molecule has 0 aliphatic heterocycles. The summed E-state index contributed by atoms with van der Waals surface area (Å²) < 4.78 is 19.9. The van der Waals surface area contributed by atoms with Crippen LogP contribution in [0.5, 0.6) is 5.75 Å². The lowest BCUT2D eigenvalue weighted by Crippen LogP contribution is -2.10. The molecule has 132 valence electrons. The lowest BCUT2D eigenvalue weighted by Gasteiger charge is -2.16. The highest BCUT2D eigenvalue weighted by Crippen LogP contribution is 2.27. The number of nitrogens with one attached hydrogen (secondary N) is 1. The van der Waals surface area contributed by atoms with E-state index in [0.29, 0.717) is 17.0 Å². The normalized spacial score (nSPS) is 12.1. The summed E-state index contributed by atoms with van der Waals surface area (Å²) in [7, 11) is 0. The number of nitrogens with zero attached hydrogens (tertiary/aromatic N) is 3. The summed E-state index contributed by atoms with van der Waals surface area (Å²) in [5, 5.41) is 17.0. The molecule has 25 heavy (non-hydrogen) atoms. The molecule has 0 saturated carbocycles. The molecule has 0 bridgehead atoms. The molecule has 1 unspecified atom stereocenters. The number of aromatic hydroxyl groups is 1. The second kappa shape index (κ2) is 6.76. The van der Waals surface area contributed by atoms with Gasteiger partial charge in [0.1, 0.15) is 22.9 Å². The lowest BCUT2D eigenvalue weighted by molar-refractivity contribution is 0.0528. The van der Waals surface area contributed by atoms with Crippen molar-refractivity contribution in [2.75, 3.05) is 11.9 Å². The maximum Gasteiger partial charge on any atom is 0.343 e. The number of benzene rings is 1. The molecule has 1 atom stereocenters. The van der Waals surface area contributed by atoms with Crippen molar-refractivity contribution >= 4 is 17.4 Å². The summed E-state index contributed by atoms with van der Waals surface area (Å²) in [6.45, 7) is 3.74. The highest BCUT2D eigenvalue weighted by atomic mass is 19.1. The van der Waals surface area contributed by atoms with Gasteiger partial charge in [-0.2, -0.15) is 5.10 Å². The molecule has 0 saturated heterocycles. The third-order valence-corrected chi connectivity index (χ3v) is 3.68. The van der Waals surface area contributed by atoms with Crippen molar-refractivity contribution in [2.45, 2.75) is 19.9 Å². The van der Waals surface area contributed by atoms with Crippen LogP contribution in [-0.2, 0) is 4.74 Å². The number of aromatic nitrogens is 3. The molecule has 3 aromatic rings. The average Bonchev–Trinajstić information content (AvgIpc) is 3.00. The predicted molar refractivity (Wildman–Crippen MR) is 91.2 cm³/mol. The van der Waals surface area contributed by atoms with E-state index in [1.807, 2.05) is 0 Å². The van der Waals surface area contributed by atoms with E-state index in [1.165, 1.54) is 28.9 Å². The van der Waals surface area contributed by atoms with E-state index in [1.54, 1.807) is 26.1 Å². The van der Waals surface area contributed by atoms with Crippen LogP contribution < -0.4 is 5.32 Å². The summed E-state index contributed by atoms with van der Waals surface area (Å²) in [6, 6.07) is 5.01. The molecule has 2 heterocycles. The Kier molecular flexibility index (Phi) is 4.51. The first-order valence-corrected chi connectivity index (χ1v) is 7.76. The Hall–Kier alpha value is -3.16. The number of phenols is 1. The Morgan fingerprint density at radius 2 is 2.28 bits per heavy atom. The van der Waals surface area contributed by atoms with E-state index < -0.39 is 17.8 Å². The van der Waals surface area contributed by atoms with Crippen molar-refractivity contribution < 1.29 is 20.5 Å². The quantitative estimate of drug-likeness (QED) is 0.690. The van der Waals surface area contributed by atoms with Gasteiger partial charge in [0.15, 0.2) is 5.65 Å². The van der Waals surface area contributed by atoms with Crippen LogP contribution in [0.4, 0.5) is 10.2 Å².